The van der Waals surface area contributed by atoms with Gasteiger partial charge in [-0.15, -0.1) is 10.2 Å². The van der Waals surface area contributed by atoms with E-state index in [4.69, 9.17) is 0 Å². The van der Waals surface area contributed by atoms with Gasteiger partial charge in [0.05, 0.1) is 17.0 Å². The molecular formula is C22H21N5OS. The van der Waals surface area contributed by atoms with Gasteiger partial charge in [0.15, 0.2) is 5.16 Å². The molecule has 0 atom stereocenters. The number of anilines is 1. The molecule has 146 valence electrons. The molecule has 2 aromatic carbocycles. The zero-order chi connectivity index (χ0) is 20.2. The van der Waals surface area contributed by atoms with Crippen LogP contribution in [-0.2, 0) is 4.79 Å². The second-order valence-electron chi connectivity index (χ2n) is 6.95. The third-order valence-electron chi connectivity index (χ3n) is 4.59. The van der Waals surface area contributed by atoms with Gasteiger partial charge in [-0.25, -0.2) is 0 Å². The van der Waals surface area contributed by atoms with Gasteiger partial charge in [0, 0.05) is 17.3 Å². The summed E-state index contributed by atoms with van der Waals surface area (Å²) < 4.78 is 1.89. The summed E-state index contributed by atoms with van der Waals surface area (Å²) in [6.07, 6.45) is 3.39. The molecular weight excluding hydrogens is 382 g/mol. The van der Waals surface area contributed by atoms with Crippen LogP contribution < -0.4 is 5.32 Å². The molecule has 2 heterocycles. The predicted molar refractivity (Wildman–Crippen MR) is 117 cm³/mol. The van der Waals surface area contributed by atoms with Gasteiger partial charge in [-0.3, -0.25) is 14.3 Å². The summed E-state index contributed by atoms with van der Waals surface area (Å²) >= 11 is 1.35. The molecule has 4 rings (SSSR count). The van der Waals surface area contributed by atoms with E-state index in [1.807, 2.05) is 47.0 Å². The molecule has 6 nitrogen and oxygen atoms in total. The second kappa shape index (κ2) is 8.45. The Kier molecular flexibility index (Phi) is 5.57. The van der Waals surface area contributed by atoms with E-state index in [-0.39, 0.29) is 11.7 Å². The van der Waals surface area contributed by atoms with Crippen molar-refractivity contribution in [1.29, 1.82) is 0 Å². The third-order valence-corrected chi connectivity index (χ3v) is 5.54. The van der Waals surface area contributed by atoms with E-state index in [0.717, 1.165) is 16.6 Å². The Balaban J connectivity index is 1.44. The lowest BCUT2D eigenvalue weighted by Crippen LogP contribution is -2.15. The maximum absolute atomic E-state index is 12.5. The van der Waals surface area contributed by atoms with Gasteiger partial charge in [-0.1, -0.05) is 55.9 Å². The van der Waals surface area contributed by atoms with Crippen LogP contribution in [0.3, 0.4) is 0 Å². The highest BCUT2D eigenvalue weighted by Crippen LogP contribution is 2.24. The number of benzene rings is 2. The SMILES string of the molecule is CC(C)c1ccc(-n2cnnc2SCC(=O)Nc2cccc3cccnc23)cc1. The van der Waals surface area contributed by atoms with Gasteiger partial charge in [0.1, 0.15) is 6.33 Å². The first kappa shape index (κ1) is 19.1. The Morgan fingerprint density at radius 2 is 1.90 bits per heavy atom. The molecule has 0 saturated heterocycles. The molecule has 0 saturated carbocycles. The lowest BCUT2D eigenvalue weighted by Gasteiger charge is -2.10. The molecule has 1 amide bonds. The average molecular weight is 404 g/mol. The smallest absolute Gasteiger partial charge is 0.234 e. The Morgan fingerprint density at radius 1 is 1.10 bits per heavy atom. The van der Waals surface area contributed by atoms with Crippen LogP contribution in [0.1, 0.15) is 25.3 Å². The van der Waals surface area contributed by atoms with Crippen LogP contribution in [-0.4, -0.2) is 31.4 Å². The zero-order valence-electron chi connectivity index (χ0n) is 16.2. The van der Waals surface area contributed by atoms with E-state index in [9.17, 15) is 4.79 Å². The van der Waals surface area contributed by atoms with Crippen LogP contribution >= 0.6 is 11.8 Å². The number of rotatable bonds is 6. The maximum atomic E-state index is 12.5. The van der Waals surface area contributed by atoms with E-state index in [1.165, 1.54) is 17.3 Å². The summed E-state index contributed by atoms with van der Waals surface area (Å²) in [6, 6.07) is 17.9. The number of carbonyl (C=O) groups excluding carboxylic acids is 1. The number of fused-ring (bicyclic) bond motifs is 1. The van der Waals surface area contributed by atoms with Crippen molar-refractivity contribution in [2.24, 2.45) is 0 Å². The van der Waals surface area contributed by atoms with Crippen molar-refractivity contribution >= 4 is 34.3 Å². The fourth-order valence-electron chi connectivity index (χ4n) is 3.04. The molecule has 0 radical (unpaired) electrons. The Bertz CT molecular complexity index is 1130. The first-order chi connectivity index (χ1) is 14.1. The highest BCUT2D eigenvalue weighted by atomic mass is 32.2. The minimum absolute atomic E-state index is 0.113. The van der Waals surface area contributed by atoms with Crippen LogP contribution in [0.5, 0.6) is 0 Å². The van der Waals surface area contributed by atoms with E-state index in [1.54, 1.807) is 12.5 Å². The van der Waals surface area contributed by atoms with Crippen LogP contribution in [0.4, 0.5) is 5.69 Å². The molecule has 29 heavy (non-hydrogen) atoms. The molecule has 0 bridgehead atoms. The van der Waals surface area contributed by atoms with Crippen LogP contribution in [0.2, 0.25) is 0 Å². The zero-order valence-corrected chi connectivity index (χ0v) is 17.1. The number of nitrogens with zero attached hydrogens (tertiary/aromatic N) is 4. The number of aromatic nitrogens is 4. The molecule has 1 N–H and O–H groups in total. The molecule has 0 aliphatic carbocycles. The number of hydrogen-bond donors (Lipinski definition) is 1. The van der Waals surface area contributed by atoms with Crippen molar-refractivity contribution < 1.29 is 4.79 Å². The molecule has 0 aliphatic heterocycles. The van der Waals surface area contributed by atoms with Crippen LogP contribution in [0.15, 0.2) is 72.3 Å². The third kappa shape index (κ3) is 4.30. The number of amides is 1. The minimum atomic E-state index is -0.113. The van der Waals surface area contributed by atoms with Crippen molar-refractivity contribution in [3.8, 4) is 5.69 Å². The van der Waals surface area contributed by atoms with E-state index in [0.29, 0.717) is 16.8 Å². The topological polar surface area (TPSA) is 72.7 Å². The number of hydrogen-bond acceptors (Lipinski definition) is 5. The molecule has 0 unspecified atom stereocenters. The normalized spacial score (nSPS) is 11.1. The first-order valence-electron chi connectivity index (χ1n) is 9.38. The highest BCUT2D eigenvalue weighted by Gasteiger charge is 2.12. The summed E-state index contributed by atoms with van der Waals surface area (Å²) in [5.74, 6) is 0.593. The van der Waals surface area contributed by atoms with E-state index >= 15 is 0 Å². The molecule has 4 aromatic rings. The van der Waals surface area contributed by atoms with Gasteiger partial charge in [-0.05, 0) is 35.7 Å². The van der Waals surface area contributed by atoms with E-state index in [2.05, 4.69) is 46.5 Å². The molecule has 0 spiro atoms. The van der Waals surface area contributed by atoms with Gasteiger partial charge in [-0.2, -0.15) is 0 Å². The largest absolute Gasteiger partial charge is 0.323 e. The minimum Gasteiger partial charge on any atom is -0.323 e. The van der Waals surface area contributed by atoms with Crippen molar-refractivity contribution in [2.75, 3.05) is 11.1 Å². The summed E-state index contributed by atoms with van der Waals surface area (Å²) in [5, 5.41) is 12.8. The molecule has 0 fully saturated rings. The Morgan fingerprint density at radius 3 is 2.69 bits per heavy atom. The van der Waals surface area contributed by atoms with Crippen molar-refractivity contribution in [3.63, 3.8) is 0 Å². The summed E-state index contributed by atoms with van der Waals surface area (Å²) in [6.45, 7) is 4.33. The Labute approximate surface area is 173 Å². The first-order valence-corrected chi connectivity index (χ1v) is 10.4. The van der Waals surface area contributed by atoms with Crippen molar-refractivity contribution in [2.45, 2.75) is 24.9 Å². The quantitative estimate of drug-likeness (QED) is 0.474. The highest BCUT2D eigenvalue weighted by molar-refractivity contribution is 7.99. The standard InChI is InChI=1S/C22H21N5OS/c1-15(2)16-8-10-18(11-9-16)27-14-24-26-22(27)29-13-20(28)25-19-7-3-5-17-6-4-12-23-21(17)19/h3-12,14-15H,13H2,1-2H3,(H,25,28). The van der Waals surface area contributed by atoms with Crippen molar-refractivity contribution in [1.82, 2.24) is 19.7 Å². The van der Waals surface area contributed by atoms with Gasteiger partial charge in [0.25, 0.3) is 0 Å². The number of para-hydroxylation sites is 1. The fourth-order valence-corrected chi connectivity index (χ4v) is 3.77. The summed E-state index contributed by atoms with van der Waals surface area (Å²) in [4.78, 5) is 16.9. The Hall–Kier alpha value is -3.19. The lowest BCUT2D eigenvalue weighted by molar-refractivity contribution is -0.113. The average Bonchev–Trinajstić information content (AvgIpc) is 3.21. The summed E-state index contributed by atoms with van der Waals surface area (Å²) in [5.41, 5.74) is 3.74. The number of pyridine rings is 1. The molecule has 0 aliphatic rings. The number of thioether (sulfide) groups is 1. The molecule has 2 aromatic heterocycles. The second-order valence-corrected chi connectivity index (χ2v) is 7.89. The summed E-state index contributed by atoms with van der Waals surface area (Å²) in [7, 11) is 0. The van der Waals surface area contributed by atoms with Gasteiger partial charge >= 0.3 is 0 Å². The van der Waals surface area contributed by atoms with Crippen LogP contribution in [0, 0.1) is 0 Å². The fraction of sp³-hybridized carbons (Fsp3) is 0.182. The van der Waals surface area contributed by atoms with E-state index < -0.39 is 0 Å². The maximum Gasteiger partial charge on any atom is 0.234 e. The number of carbonyl (C=O) groups is 1. The lowest BCUT2D eigenvalue weighted by atomic mass is 10.0. The van der Waals surface area contributed by atoms with Crippen molar-refractivity contribution in [3.05, 3.63) is 72.7 Å². The van der Waals surface area contributed by atoms with Gasteiger partial charge < -0.3 is 5.32 Å². The van der Waals surface area contributed by atoms with Crippen LogP contribution in [0.25, 0.3) is 16.6 Å². The monoisotopic (exact) mass is 403 g/mol. The van der Waals surface area contributed by atoms with Gasteiger partial charge in [0.2, 0.25) is 5.91 Å². The predicted octanol–water partition coefficient (Wildman–Crippen LogP) is 4.67. The number of nitrogens with one attached hydrogen (secondary N) is 1. The molecule has 7 heteroatoms.